The molecule has 0 aromatic heterocycles. The molecule has 24 heavy (non-hydrogen) atoms. The van der Waals surface area contributed by atoms with E-state index in [0.717, 1.165) is 0 Å². The van der Waals surface area contributed by atoms with Crippen LogP contribution in [0.25, 0.3) is 0 Å². The molecule has 1 N–H and O–H groups in total. The molecular formula is C16H13ClN2O5. The molecule has 8 heteroatoms. The van der Waals surface area contributed by atoms with Gasteiger partial charge >= 0.3 is 5.97 Å². The van der Waals surface area contributed by atoms with E-state index in [-0.39, 0.29) is 17.7 Å². The number of hydrogen-bond acceptors (Lipinski definition) is 5. The molecule has 0 saturated carbocycles. The molecule has 0 radical (unpaired) electrons. The summed E-state index contributed by atoms with van der Waals surface area (Å²) in [6.45, 7) is -0.484. The van der Waals surface area contributed by atoms with Gasteiger partial charge in [-0.05, 0) is 24.3 Å². The number of nitrogens with zero attached hydrogens (tertiary/aromatic N) is 1. The van der Waals surface area contributed by atoms with Gasteiger partial charge in [0.1, 0.15) is 0 Å². The number of nitro groups is 1. The minimum atomic E-state index is -0.726. The van der Waals surface area contributed by atoms with E-state index in [1.165, 1.54) is 18.2 Å². The minimum absolute atomic E-state index is 0.167. The van der Waals surface area contributed by atoms with Crippen LogP contribution >= 0.6 is 11.6 Å². The maximum absolute atomic E-state index is 11.7. The Morgan fingerprint density at radius 2 is 1.79 bits per heavy atom. The molecule has 0 fully saturated rings. The highest BCUT2D eigenvalue weighted by molar-refractivity contribution is 6.30. The zero-order chi connectivity index (χ0) is 17.5. The van der Waals surface area contributed by atoms with Crippen LogP contribution in [0.5, 0.6) is 0 Å². The Morgan fingerprint density at radius 1 is 1.12 bits per heavy atom. The summed E-state index contributed by atoms with van der Waals surface area (Å²) in [6, 6.07) is 12.3. The van der Waals surface area contributed by atoms with Crippen molar-refractivity contribution in [3.05, 3.63) is 69.2 Å². The van der Waals surface area contributed by atoms with Crippen molar-refractivity contribution < 1.29 is 19.2 Å². The van der Waals surface area contributed by atoms with E-state index in [1.807, 2.05) is 0 Å². The van der Waals surface area contributed by atoms with Crippen LogP contribution in [-0.2, 0) is 20.7 Å². The first-order valence-corrected chi connectivity index (χ1v) is 7.27. The molecule has 0 spiro atoms. The number of halogens is 1. The Morgan fingerprint density at radius 3 is 2.46 bits per heavy atom. The lowest BCUT2D eigenvalue weighted by atomic mass is 10.1. The molecule has 7 nitrogen and oxygen atoms in total. The molecule has 2 aromatic carbocycles. The Kier molecular flexibility index (Phi) is 5.86. The van der Waals surface area contributed by atoms with Crippen molar-refractivity contribution in [2.75, 3.05) is 11.9 Å². The van der Waals surface area contributed by atoms with Crippen molar-refractivity contribution in [1.82, 2.24) is 0 Å². The van der Waals surface area contributed by atoms with Gasteiger partial charge in [-0.3, -0.25) is 19.7 Å². The predicted octanol–water partition coefficient (Wildman–Crippen LogP) is 2.97. The molecule has 1 amide bonds. The SMILES string of the molecule is O=C(COC(=O)Cc1ccccc1[N+](=O)[O-])Nc1ccc(Cl)cc1. The summed E-state index contributed by atoms with van der Waals surface area (Å²) in [5.74, 6) is -1.25. The summed E-state index contributed by atoms with van der Waals surface area (Å²) >= 11 is 5.73. The van der Waals surface area contributed by atoms with Gasteiger partial charge in [0.2, 0.25) is 0 Å². The van der Waals surface area contributed by atoms with Crippen molar-refractivity contribution in [1.29, 1.82) is 0 Å². The molecule has 0 aliphatic carbocycles. The maximum Gasteiger partial charge on any atom is 0.311 e. The fraction of sp³-hybridized carbons (Fsp3) is 0.125. The lowest BCUT2D eigenvalue weighted by Gasteiger charge is -2.07. The third-order valence-electron chi connectivity index (χ3n) is 3.02. The van der Waals surface area contributed by atoms with Gasteiger partial charge in [-0.15, -0.1) is 0 Å². The first-order chi connectivity index (χ1) is 11.5. The highest BCUT2D eigenvalue weighted by Crippen LogP contribution is 2.18. The molecule has 0 bridgehead atoms. The molecule has 0 unspecified atom stereocenters. The van der Waals surface area contributed by atoms with Gasteiger partial charge in [-0.1, -0.05) is 29.8 Å². The van der Waals surface area contributed by atoms with Gasteiger partial charge in [0.15, 0.2) is 6.61 Å². The quantitative estimate of drug-likeness (QED) is 0.491. The Balaban J connectivity index is 1.86. The molecule has 0 atom stereocenters. The van der Waals surface area contributed by atoms with Gasteiger partial charge in [0, 0.05) is 22.3 Å². The van der Waals surface area contributed by atoms with Crippen LogP contribution in [0.4, 0.5) is 11.4 Å². The molecule has 0 aliphatic heterocycles. The number of hydrogen-bond donors (Lipinski definition) is 1. The zero-order valence-corrected chi connectivity index (χ0v) is 13.2. The lowest BCUT2D eigenvalue weighted by Crippen LogP contribution is -2.21. The standard InChI is InChI=1S/C16H13ClN2O5/c17-12-5-7-13(8-6-12)18-15(20)10-24-16(21)9-11-3-1-2-4-14(11)19(22)23/h1-8H,9-10H2,(H,18,20). The maximum atomic E-state index is 11.7. The molecule has 0 aliphatic rings. The number of rotatable bonds is 6. The molecular weight excluding hydrogens is 336 g/mol. The Labute approximate surface area is 142 Å². The summed E-state index contributed by atoms with van der Waals surface area (Å²) in [4.78, 5) is 33.7. The van der Waals surface area contributed by atoms with E-state index >= 15 is 0 Å². The smallest absolute Gasteiger partial charge is 0.311 e. The summed E-state index contributed by atoms with van der Waals surface area (Å²) in [5, 5.41) is 13.9. The van der Waals surface area contributed by atoms with E-state index in [1.54, 1.807) is 30.3 Å². The van der Waals surface area contributed by atoms with Crippen molar-refractivity contribution in [3.63, 3.8) is 0 Å². The highest BCUT2D eigenvalue weighted by atomic mass is 35.5. The number of para-hydroxylation sites is 1. The average molecular weight is 349 g/mol. The fourth-order valence-electron chi connectivity index (χ4n) is 1.92. The molecule has 2 aromatic rings. The predicted molar refractivity (Wildman–Crippen MR) is 87.8 cm³/mol. The first-order valence-electron chi connectivity index (χ1n) is 6.89. The van der Waals surface area contributed by atoms with Gasteiger partial charge < -0.3 is 10.1 Å². The Bertz CT molecular complexity index is 761. The number of nitrogens with one attached hydrogen (secondary N) is 1. The van der Waals surface area contributed by atoms with Crippen LogP contribution in [0, 0.1) is 10.1 Å². The number of anilines is 1. The van der Waals surface area contributed by atoms with Crippen molar-refractivity contribution in [3.8, 4) is 0 Å². The largest absolute Gasteiger partial charge is 0.455 e. The van der Waals surface area contributed by atoms with Gasteiger partial charge in [-0.2, -0.15) is 0 Å². The number of carbonyl (C=O) groups is 2. The summed E-state index contributed by atoms with van der Waals surface area (Å²) in [5.41, 5.74) is 0.574. The van der Waals surface area contributed by atoms with E-state index in [4.69, 9.17) is 16.3 Å². The normalized spacial score (nSPS) is 10.0. The van der Waals surface area contributed by atoms with Gasteiger partial charge in [0.25, 0.3) is 11.6 Å². The highest BCUT2D eigenvalue weighted by Gasteiger charge is 2.17. The molecule has 0 heterocycles. The number of amides is 1. The second-order valence-corrected chi connectivity index (χ2v) is 5.21. The van der Waals surface area contributed by atoms with Crippen molar-refractivity contribution >= 4 is 34.9 Å². The number of carbonyl (C=O) groups excluding carboxylic acids is 2. The van der Waals surface area contributed by atoms with Gasteiger partial charge in [0.05, 0.1) is 11.3 Å². The topological polar surface area (TPSA) is 98.5 Å². The molecule has 0 saturated heterocycles. The monoisotopic (exact) mass is 348 g/mol. The van der Waals surface area contributed by atoms with Crippen LogP contribution in [-0.4, -0.2) is 23.4 Å². The third kappa shape index (κ3) is 5.06. The van der Waals surface area contributed by atoms with E-state index in [9.17, 15) is 19.7 Å². The minimum Gasteiger partial charge on any atom is -0.455 e. The second kappa shape index (κ2) is 8.07. The molecule has 2 rings (SSSR count). The van der Waals surface area contributed by atoms with Crippen LogP contribution < -0.4 is 5.32 Å². The van der Waals surface area contributed by atoms with Crippen molar-refractivity contribution in [2.45, 2.75) is 6.42 Å². The van der Waals surface area contributed by atoms with E-state index in [2.05, 4.69) is 5.32 Å². The molecule has 124 valence electrons. The van der Waals surface area contributed by atoms with Crippen LogP contribution in [0.2, 0.25) is 5.02 Å². The van der Waals surface area contributed by atoms with Gasteiger partial charge in [-0.25, -0.2) is 0 Å². The Hall–Kier alpha value is -2.93. The van der Waals surface area contributed by atoms with Crippen LogP contribution in [0.15, 0.2) is 48.5 Å². The lowest BCUT2D eigenvalue weighted by molar-refractivity contribution is -0.385. The fourth-order valence-corrected chi connectivity index (χ4v) is 2.05. The van der Waals surface area contributed by atoms with E-state index in [0.29, 0.717) is 10.7 Å². The third-order valence-corrected chi connectivity index (χ3v) is 3.27. The first kappa shape index (κ1) is 17.4. The van der Waals surface area contributed by atoms with Crippen molar-refractivity contribution in [2.24, 2.45) is 0 Å². The average Bonchev–Trinajstić information content (AvgIpc) is 2.55. The summed E-state index contributed by atoms with van der Waals surface area (Å²) in [7, 11) is 0. The second-order valence-electron chi connectivity index (χ2n) is 4.78. The van der Waals surface area contributed by atoms with E-state index < -0.39 is 23.4 Å². The number of esters is 1. The zero-order valence-electron chi connectivity index (χ0n) is 12.4. The van der Waals surface area contributed by atoms with Crippen LogP contribution in [0.1, 0.15) is 5.56 Å². The summed E-state index contributed by atoms with van der Waals surface area (Å²) < 4.78 is 4.84. The number of nitro benzene ring substituents is 1. The number of ether oxygens (including phenoxy) is 1. The number of benzene rings is 2. The van der Waals surface area contributed by atoms with Crippen LogP contribution in [0.3, 0.4) is 0 Å². The summed E-state index contributed by atoms with van der Waals surface area (Å²) in [6.07, 6.45) is -0.286.